The van der Waals surface area contributed by atoms with E-state index in [2.05, 4.69) is 10.6 Å². The van der Waals surface area contributed by atoms with Crippen molar-refractivity contribution in [3.8, 4) is 0 Å². The van der Waals surface area contributed by atoms with Gasteiger partial charge in [-0.25, -0.2) is 0 Å². The average molecular weight is 439 g/mol. The third kappa shape index (κ3) is 6.37. The number of hydrogen-bond donors (Lipinski definition) is 2. The molecule has 2 amide bonds. The second-order valence-electron chi connectivity index (χ2n) is 6.98. The number of carbonyl (C=O) groups is 2. The summed E-state index contributed by atoms with van der Waals surface area (Å²) in [4.78, 5) is 25.6. The Hall–Kier alpha value is -2.76. The lowest BCUT2D eigenvalue weighted by Crippen LogP contribution is -2.16. The van der Waals surface area contributed by atoms with Crippen molar-refractivity contribution in [1.29, 1.82) is 0 Å². The molecule has 0 heterocycles. The minimum absolute atomic E-state index is 0.0606. The normalized spacial score (nSPS) is 10.5. The van der Waals surface area contributed by atoms with Crippen LogP contribution in [0.3, 0.4) is 0 Å². The van der Waals surface area contributed by atoms with Gasteiger partial charge in [-0.2, -0.15) is 0 Å². The predicted octanol–water partition coefficient (Wildman–Crippen LogP) is 5.87. The number of amides is 2. The van der Waals surface area contributed by atoms with Crippen LogP contribution in [-0.2, 0) is 16.0 Å². The fraction of sp³-hybridized carbons (Fsp3) is 0.167. The van der Waals surface area contributed by atoms with Crippen LogP contribution in [0.2, 0.25) is 5.02 Å². The first-order valence-corrected chi connectivity index (χ1v) is 10.9. The largest absolute Gasteiger partial charge is 0.326 e. The van der Waals surface area contributed by atoms with Crippen molar-refractivity contribution >= 4 is 46.6 Å². The maximum Gasteiger partial charge on any atom is 0.234 e. The minimum atomic E-state index is -0.104. The second kappa shape index (κ2) is 10.3. The summed E-state index contributed by atoms with van der Waals surface area (Å²) in [5, 5.41) is 6.53. The number of anilines is 2. The molecule has 6 heteroatoms. The van der Waals surface area contributed by atoms with Crippen molar-refractivity contribution in [2.45, 2.75) is 25.2 Å². The van der Waals surface area contributed by atoms with Crippen molar-refractivity contribution < 1.29 is 9.59 Å². The Morgan fingerprint density at radius 3 is 2.23 bits per heavy atom. The lowest BCUT2D eigenvalue weighted by atomic mass is 10.1. The Kier molecular flexibility index (Phi) is 7.55. The summed E-state index contributed by atoms with van der Waals surface area (Å²) in [5.74, 6) is 0.123. The predicted molar refractivity (Wildman–Crippen MR) is 125 cm³/mol. The molecule has 0 saturated heterocycles. The molecule has 3 aromatic rings. The maximum atomic E-state index is 12.4. The highest BCUT2D eigenvalue weighted by molar-refractivity contribution is 8.00. The Balaban J connectivity index is 1.54. The third-order valence-electron chi connectivity index (χ3n) is 4.51. The molecule has 0 fully saturated rings. The van der Waals surface area contributed by atoms with Crippen LogP contribution in [0.5, 0.6) is 0 Å². The summed E-state index contributed by atoms with van der Waals surface area (Å²) < 4.78 is 0. The Morgan fingerprint density at radius 1 is 0.867 bits per heavy atom. The number of para-hydroxylation sites is 1. The van der Waals surface area contributed by atoms with Crippen LogP contribution in [0.1, 0.15) is 16.7 Å². The standard InChI is InChI=1S/C24H23ClN2O2S/c1-16-5-3-6-17(2)24(16)27-23(29)15-30-21-8-4-7-20(14-21)26-22(28)13-18-9-11-19(25)12-10-18/h3-12,14H,13,15H2,1-2H3,(H,26,28)(H,27,29). The number of rotatable bonds is 7. The molecule has 3 aromatic carbocycles. The minimum Gasteiger partial charge on any atom is -0.326 e. The van der Waals surface area contributed by atoms with Crippen LogP contribution in [0.25, 0.3) is 0 Å². The molecular formula is C24H23ClN2O2S. The molecule has 0 unspecified atom stereocenters. The Morgan fingerprint density at radius 2 is 1.53 bits per heavy atom. The van der Waals surface area contributed by atoms with Gasteiger partial charge < -0.3 is 10.6 Å². The lowest BCUT2D eigenvalue weighted by Gasteiger charge is -2.11. The average Bonchev–Trinajstić information content (AvgIpc) is 2.71. The number of halogens is 1. The second-order valence-corrected chi connectivity index (χ2v) is 8.47. The first-order chi connectivity index (χ1) is 14.4. The highest BCUT2D eigenvalue weighted by atomic mass is 35.5. The quantitative estimate of drug-likeness (QED) is 0.453. The van der Waals surface area contributed by atoms with Crippen LogP contribution in [0.15, 0.2) is 71.6 Å². The van der Waals surface area contributed by atoms with Gasteiger partial charge in [0.25, 0.3) is 0 Å². The van der Waals surface area contributed by atoms with E-state index in [0.717, 1.165) is 27.3 Å². The molecular weight excluding hydrogens is 416 g/mol. The van der Waals surface area contributed by atoms with E-state index in [1.165, 1.54) is 11.8 Å². The van der Waals surface area contributed by atoms with Crippen molar-refractivity contribution in [2.75, 3.05) is 16.4 Å². The number of thioether (sulfide) groups is 1. The first kappa shape index (κ1) is 21.9. The van der Waals surface area contributed by atoms with Gasteiger partial charge in [0.2, 0.25) is 11.8 Å². The molecule has 2 N–H and O–H groups in total. The van der Waals surface area contributed by atoms with Crippen LogP contribution >= 0.6 is 23.4 Å². The topological polar surface area (TPSA) is 58.2 Å². The molecule has 30 heavy (non-hydrogen) atoms. The molecule has 0 radical (unpaired) electrons. The van der Waals surface area contributed by atoms with E-state index in [1.54, 1.807) is 12.1 Å². The van der Waals surface area contributed by atoms with Gasteiger partial charge in [0.1, 0.15) is 0 Å². The van der Waals surface area contributed by atoms with Crippen molar-refractivity contribution in [2.24, 2.45) is 0 Å². The number of carbonyl (C=O) groups excluding carboxylic acids is 2. The van der Waals surface area contributed by atoms with Crippen molar-refractivity contribution in [1.82, 2.24) is 0 Å². The zero-order chi connectivity index (χ0) is 21.5. The van der Waals surface area contributed by atoms with Crippen LogP contribution < -0.4 is 10.6 Å². The summed E-state index contributed by atoms with van der Waals surface area (Å²) in [6.07, 6.45) is 0.271. The zero-order valence-electron chi connectivity index (χ0n) is 16.9. The van der Waals surface area contributed by atoms with E-state index in [0.29, 0.717) is 10.7 Å². The Bertz CT molecular complexity index is 1030. The van der Waals surface area contributed by atoms with E-state index >= 15 is 0 Å². The number of benzene rings is 3. The highest BCUT2D eigenvalue weighted by Gasteiger charge is 2.09. The molecule has 3 rings (SSSR count). The van der Waals surface area contributed by atoms with Gasteiger partial charge in [0.15, 0.2) is 0 Å². The highest BCUT2D eigenvalue weighted by Crippen LogP contribution is 2.24. The summed E-state index contributed by atoms with van der Waals surface area (Å²) in [6.45, 7) is 3.96. The molecule has 0 spiro atoms. The molecule has 0 saturated carbocycles. The number of aryl methyl sites for hydroxylation is 2. The van der Waals surface area contributed by atoms with E-state index < -0.39 is 0 Å². The van der Waals surface area contributed by atoms with E-state index in [1.807, 2.05) is 68.4 Å². The Labute approximate surface area is 186 Å². The third-order valence-corrected chi connectivity index (χ3v) is 5.76. The van der Waals surface area contributed by atoms with Crippen LogP contribution in [0, 0.1) is 13.8 Å². The summed E-state index contributed by atoms with van der Waals surface area (Å²) in [6, 6.07) is 20.6. The molecule has 0 bridgehead atoms. The van der Waals surface area contributed by atoms with Crippen LogP contribution in [-0.4, -0.2) is 17.6 Å². The molecule has 4 nitrogen and oxygen atoms in total. The van der Waals surface area contributed by atoms with Gasteiger partial charge in [0, 0.05) is 21.3 Å². The molecule has 0 aromatic heterocycles. The SMILES string of the molecule is Cc1cccc(C)c1NC(=O)CSc1cccc(NC(=O)Cc2ccc(Cl)cc2)c1. The van der Waals surface area contributed by atoms with Gasteiger partial charge in [-0.3, -0.25) is 9.59 Å². The monoisotopic (exact) mass is 438 g/mol. The van der Waals surface area contributed by atoms with Crippen molar-refractivity contribution in [3.05, 3.63) is 88.4 Å². The summed E-state index contributed by atoms with van der Waals surface area (Å²) in [5.41, 5.74) is 4.54. The number of hydrogen-bond acceptors (Lipinski definition) is 3. The first-order valence-electron chi connectivity index (χ1n) is 9.54. The maximum absolute atomic E-state index is 12.4. The van der Waals surface area contributed by atoms with E-state index in [-0.39, 0.29) is 24.0 Å². The molecule has 0 atom stereocenters. The van der Waals surface area contributed by atoms with E-state index in [9.17, 15) is 9.59 Å². The molecule has 0 aliphatic carbocycles. The molecule has 0 aliphatic rings. The number of nitrogens with one attached hydrogen (secondary N) is 2. The van der Waals surface area contributed by atoms with Crippen LogP contribution in [0.4, 0.5) is 11.4 Å². The summed E-state index contributed by atoms with van der Waals surface area (Å²) >= 11 is 7.30. The fourth-order valence-electron chi connectivity index (χ4n) is 2.99. The smallest absolute Gasteiger partial charge is 0.234 e. The van der Waals surface area contributed by atoms with Gasteiger partial charge in [-0.1, -0.05) is 48.0 Å². The lowest BCUT2D eigenvalue weighted by molar-refractivity contribution is -0.115. The van der Waals surface area contributed by atoms with Gasteiger partial charge in [-0.15, -0.1) is 11.8 Å². The van der Waals surface area contributed by atoms with Gasteiger partial charge in [-0.05, 0) is 60.9 Å². The van der Waals surface area contributed by atoms with Gasteiger partial charge >= 0.3 is 0 Å². The zero-order valence-corrected chi connectivity index (χ0v) is 18.4. The molecule has 0 aliphatic heterocycles. The van der Waals surface area contributed by atoms with E-state index in [4.69, 9.17) is 11.6 Å². The molecule has 154 valence electrons. The van der Waals surface area contributed by atoms with Crippen molar-refractivity contribution in [3.63, 3.8) is 0 Å². The fourth-order valence-corrected chi connectivity index (χ4v) is 3.87. The summed E-state index contributed by atoms with van der Waals surface area (Å²) in [7, 11) is 0. The van der Waals surface area contributed by atoms with Gasteiger partial charge in [0.05, 0.1) is 12.2 Å².